The Hall–Kier alpha value is -0.170. The molecule has 104 valence electrons. The molecule has 6 heteroatoms. The van der Waals surface area contributed by atoms with Gasteiger partial charge in [0.25, 0.3) is 10.2 Å². The fourth-order valence-electron chi connectivity index (χ4n) is 1.85. The maximum atomic E-state index is 11.8. The average molecular weight is 266 g/mol. The molecule has 0 aliphatic carbocycles. The molecule has 1 unspecified atom stereocenters. The third kappa shape index (κ3) is 6.35. The highest BCUT2D eigenvalue weighted by Crippen LogP contribution is 2.15. The Balaban J connectivity index is 4.45. The molecule has 0 rings (SSSR count). The molecule has 0 saturated heterocycles. The van der Waals surface area contributed by atoms with Gasteiger partial charge in [0.15, 0.2) is 0 Å². The van der Waals surface area contributed by atoms with E-state index in [9.17, 15) is 13.5 Å². The monoisotopic (exact) mass is 266 g/mol. The van der Waals surface area contributed by atoms with Gasteiger partial charge in [0.1, 0.15) is 0 Å². The zero-order valence-electron chi connectivity index (χ0n) is 11.5. The molecule has 0 bridgehead atoms. The smallest absolute Gasteiger partial charge is 0.279 e. The van der Waals surface area contributed by atoms with E-state index in [2.05, 4.69) is 4.72 Å². The molecule has 0 amide bonds. The van der Waals surface area contributed by atoms with Crippen LogP contribution in [0.1, 0.15) is 41.0 Å². The number of nitrogens with one attached hydrogen (secondary N) is 1. The van der Waals surface area contributed by atoms with Gasteiger partial charge in [0.05, 0.1) is 5.60 Å². The van der Waals surface area contributed by atoms with Crippen molar-refractivity contribution in [2.24, 2.45) is 5.92 Å². The van der Waals surface area contributed by atoms with Gasteiger partial charge in [-0.15, -0.1) is 0 Å². The summed E-state index contributed by atoms with van der Waals surface area (Å²) in [6, 6.07) is 0. The van der Waals surface area contributed by atoms with Gasteiger partial charge in [-0.1, -0.05) is 27.7 Å². The van der Waals surface area contributed by atoms with Gasteiger partial charge in [0.2, 0.25) is 0 Å². The van der Waals surface area contributed by atoms with Crippen LogP contribution < -0.4 is 4.72 Å². The zero-order valence-corrected chi connectivity index (χ0v) is 12.3. The van der Waals surface area contributed by atoms with Crippen LogP contribution in [0.4, 0.5) is 0 Å². The Morgan fingerprint density at radius 3 is 2.12 bits per heavy atom. The van der Waals surface area contributed by atoms with Crippen LogP contribution >= 0.6 is 0 Å². The van der Waals surface area contributed by atoms with Gasteiger partial charge in [-0.2, -0.15) is 17.4 Å². The summed E-state index contributed by atoms with van der Waals surface area (Å²) in [7, 11) is -3.47. The molecule has 0 aromatic carbocycles. The van der Waals surface area contributed by atoms with E-state index in [0.29, 0.717) is 25.4 Å². The molecule has 0 aromatic rings. The molecular weight excluding hydrogens is 240 g/mol. The van der Waals surface area contributed by atoms with Crippen molar-refractivity contribution in [2.75, 3.05) is 19.6 Å². The van der Waals surface area contributed by atoms with E-state index in [1.807, 2.05) is 13.8 Å². The summed E-state index contributed by atoms with van der Waals surface area (Å²) in [6.45, 7) is 10.1. The van der Waals surface area contributed by atoms with E-state index in [1.165, 1.54) is 4.31 Å². The lowest BCUT2D eigenvalue weighted by molar-refractivity contribution is 0.0433. The van der Waals surface area contributed by atoms with E-state index >= 15 is 0 Å². The number of hydrogen-bond acceptors (Lipinski definition) is 3. The normalized spacial score (nSPS) is 16.5. The maximum Gasteiger partial charge on any atom is 0.279 e. The molecule has 0 heterocycles. The van der Waals surface area contributed by atoms with Crippen molar-refractivity contribution in [3.8, 4) is 0 Å². The summed E-state index contributed by atoms with van der Waals surface area (Å²) in [5.41, 5.74) is -1.01. The van der Waals surface area contributed by atoms with Gasteiger partial charge in [0, 0.05) is 19.6 Å². The fraction of sp³-hybridized carbons (Fsp3) is 1.00. The topological polar surface area (TPSA) is 69.6 Å². The molecule has 0 aliphatic heterocycles. The SMILES string of the molecule is CCN(CC)S(=O)(=O)NCC(C)(O)CC(C)C. The summed E-state index contributed by atoms with van der Waals surface area (Å²) < 4.78 is 27.4. The summed E-state index contributed by atoms with van der Waals surface area (Å²) >= 11 is 0. The van der Waals surface area contributed by atoms with Crippen LogP contribution in [0, 0.1) is 5.92 Å². The van der Waals surface area contributed by atoms with Gasteiger partial charge in [-0.3, -0.25) is 0 Å². The molecule has 0 saturated carbocycles. The predicted molar refractivity (Wildman–Crippen MR) is 69.9 cm³/mol. The van der Waals surface area contributed by atoms with Crippen molar-refractivity contribution >= 4 is 10.2 Å². The molecule has 0 spiro atoms. The van der Waals surface area contributed by atoms with E-state index in [1.54, 1.807) is 20.8 Å². The molecule has 0 radical (unpaired) electrons. The predicted octanol–water partition coefficient (Wildman–Crippen LogP) is 0.960. The van der Waals surface area contributed by atoms with Crippen LogP contribution in [0.2, 0.25) is 0 Å². The highest BCUT2D eigenvalue weighted by Gasteiger charge is 2.26. The Morgan fingerprint density at radius 1 is 1.29 bits per heavy atom. The van der Waals surface area contributed by atoms with E-state index in [4.69, 9.17) is 0 Å². The summed E-state index contributed by atoms with van der Waals surface area (Å²) in [4.78, 5) is 0. The number of nitrogens with zero attached hydrogens (tertiary/aromatic N) is 1. The second kappa shape index (κ2) is 6.68. The largest absolute Gasteiger partial charge is 0.389 e. The Labute approximate surface area is 105 Å². The fourth-order valence-corrected chi connectivity index (χ4v) is 3.21. The minimum Gasteiger partial charge on any atom is -0.389 e. The van der Waals surface area contributed by atoms with Crippen LogP contribution in [-0.2, 0) is 10.2 Å². The number of aliphatic hydroxyl groups is 1. The Bertz CT molecular complexity index is 309. The third-order valence-electron chi connectivity index (χ3n) is 2.53. The summed E-state index contributed by atoms with van der Waals surface area (Å²) in [5.74, 6) is 0.322. The number of hydrogen-bond donors (Lipinski definition) is 2. The first-order valence-electron chi connectivity index (χ1n) is 6.11. The lowest BCUT2D eigenvalue weighted by atomic mass is 9.95. The van der Waals surface area contributed by atoms with Crippen LogP contribution in [0.3, 0.4) is 0 Å². The van der Waals surface area contributed by atoms with Crippen LogP contribution in [-0.4, -0.2) is 43.1 Å². The molecule has 0 aromatic heterocycles. The quantitative estimate of drug-likeness (QED) is 0.687. The molecule has 2 N–H and O–H groups in total. The maximum absolute atomic E-state index is 11.8. The third-order valence-corrected chi connectivity index (χ3v) is 4.23. The first kappa shape index (κ1) is 16.8. The highest BCUT2D eigenvalue weighted by molar-refractivity contribution is 7.87. The minimum atomic E-state index is -3.47. The number of rotatable bonds is 8. The molecular formula is C11H26N2O3S. The van der Waals surface area contributed by atoms with Crippen LogP contribution in [0.5, 0.6) is 0 Å². The average Bonchev–Trinajstić information content (AvgIpc) is 2.15. The first-order valence-corrected chi connectivity index (χ1v) is 7.55. The lowest BCUT2D eigenvalue weighted by Crippen LogP contribution is -2.47. The van der Waals surface area contributed by atoms with Crippen molar-refractivity contribution < 1.29 is 13.5 Å². The van der Waals surface area contributed by atoms with Crippen LogP contribution in [0.25, 0.3) is 0 Å². The molecule has 1 atom stereocenters. The van der Waals surface area contributed by atoms with Crippen molar-refractivity contribution in [3.05, 3.63) is 0 Å². The second-order valence-corrected chi connectivity index (χ2v) is 6.76. The van der Waals surface area contributed by atoms with E-state index in [0.717, 1.165) is 0 Å². The van der Waals surface area contributed by atoms with Gasteiger partial charge < -0.3 is 5.11 Å². The van der Waals surface area contributed by atoms with Crippen molar-refractivity contribution in [1.29, 1.82) is 0 Å². The molecule has 0 aliphatic rings. The van der Waals surface area contributed by atoms with Crippen molar-refractivity contribution in [1.82, 2.24) is 9.03 Å². The molecule has 5 nitrogen and oxygen atoms in total. The van der Waals surface area contributed by atoms with Crippen LogP contribution in [0.15, 0.2) is 0 Å². The van der Waals surface area contributed by atoms with Crippen molar-refractivity contribution in [2.45, 2.75) is 46.6 Å². The Morgan fingerprint density at radius 2 is 1.76 bits per heavy atom. The van der Waals surface area contributed by atoms with Gasteiger partial charge in [-0.25, -0.2) is 0 Å². The van der Waals surface area contributed by atoms with Crippen molar-refractivity contribution in [3.63, 3.8) is 0 Å². The first-order chi connectivity index (χ1) is 7.64. The summed E-state index contributed by atoms with van der Waals surface area (Å²) in [5, 5.41) is 10.0. The minimum absolute atomic E-state index is 0.0456. The molecule has 17 heavy (non-hydrogen) atoms. The molecule has 0 fully saturated rings. The standard InChI is InChI=1S/C11H26N2O3S/c1-6-13(7-2)17(15,16)12-9-11(5,14)8-10(3)4/h10,12,14H,6-9H2,1-5H3. The van der Waals surface area contributed by atoms with Gasteiger partial charge >= 0.3 is 0 Å². The lowest BCUT2D eigenvalue weighted by Gasteiger charge is -2.27. The van der Waals surface area contributed by atoms with E-state index < -0.39 is 15.8 Å². The highest BCUT2D eigenvalue weighted by atomic mass is 32.2. The zero-order chi connectivity index (χ0) is 13.7. The van der Waals surface area contributed by atoms with Gasteiger partial charge in [-0.05, 0) is 19.3 Å². The summed E-state index contributed by atoms with van der Waals surface area (Å²) in [6.07, 6.45) is 0.563. The Kier molecular flexibility index (Phi) is 6.61. The van der Waals surface area contributed by atoms with E-state index in [-0.39, 0.29) is 6.54 Å². The second-order valence-electron chi connectivity index (χ2n) is 5.01.